The monoisotopic (exact) mass is 513 g/mol. The van der Waals surface area contributed by atoms with Crippen LogP contribution in [0, 0.1) is 22.1 Å². The van der Waals surface area contributed by atoms with E-state index >= 15 is 0 Å². The number of imide groups is 1. The molecule has 3 N–H and O–H groups in total. The van der Waals surface area contributed by atoms with E-state index in [1.165, 1.54) is 16.0 Å². The third kappa shape index (κ3) is 4.00. The Morgan fingerprint density at radius 1 is 0.833 bits per heavy atom. The van der Waals surface area contributed by atoms with E-state index in [-0.39, 0.29) is 35.6 Å². The molecule has 1 aromatic heterocycles. The molecule has 4 atom stereocenters. The van der Waals surface area contributed by atoms with Crippen LogP contribution >= 0.6 is 0 Å². The van der Waals surface area contributed by atoms with Gasteiger partial charge in [-0.15, -0.1) is 0 Å². The van der Waals surface area contributed by atoms with Gasteiger partial charge in [0.25, 0.3) is 0 Å². The molecule has 3 aliphatic heterocycles. The van der Waals surface area contributed by atoms with Crippen LogP contribution in [0.15, 0.2) is 72.9 Å². The number of nitrogens with zero attached hydrogens (tertiary/aromatic N) is 3. The Labute approximate surface area is 210 Å². The van der Waals surface area contributed by atoms with Crippen molar-refractivity contribution in [2.75, 3.05) is 26.0 Å². The molecule has 188 valence electrons. The van der Waals surface area contributed by atoms with Gasteiger partial charge in [0.15, 0.2) is 17.9 Å². The average molecular weight is 514 g/mol. The number of carbonyl (C=O) groups is 2. The van der Waals surface area contributed by atoms with Crippen LogP contribution in [0.1, 0.15) is 28.8 Å². The molecule has 2 bridgehead atoms. The van der Waals surface area contributed by atoms with Gasteiger partial charge in [-0.1, -0.05) is 30.3 Å². The molecule has 1 saturated heterocycles. The quantitative estimate of drug-likeness (QED) is 0.255. The Morgan fingerprint density at radius 2 is 1.39 bits per heavy atom. The summed E-state index contributed by atoms with van der Waals surface area (Å²) in [7, 11) is 2.09. The molecule has 3 aromatic rings. The van der Waals surface area contributed by atoms with Gasteiger partial charge in [0.2, 0.25) is 11.8 Å². The Kier molecular flexibility index (Phi) is 5.75. The van der Waals surface area contributed by atoms with Gasteiger partial charge < -0.3 is 0 Å². The number of pyridine rings is 1. The van der Waals surface area contributed by atoms with Crippen molar-refractivity contribution >= 4 is 23.2 Å². The first kappa shape index (κ1) is 24.5. The standard InChI is InChI=1S/C26H25N3O2.ClH3O4/c1-29(2,3)17-13-11-16(12-14-17)28-25(30)22-21-18-8-4-5-9-19(18)24(23(22)26(28)31)27-15-7-6-10-20(21)27;2-1(3,4)5/h4-15,21-24H,1-3H3;2-4H/q+2;. The maximum absolute atomic E-state index is 13.7. The van der Waals surface area contributed by atoms with Gasteiger partial charge in [0, 0.05) is 29.8 Å². The fourth-order valence-electron chi connectivity index (χ4n) is 5.80. The molecule has 0 saturated carbocycles. The number of anilines is 1. The number of aromatic nitrogens is 1. The predicted molar refractivity (Wildman–Crippen MR) is 125 cm³/mol. The van der Waals surface area contributed by atoms with Gasteiger partial charge in [-0.05, 0) is 17.7 Å². The van der Waals surface area contributed by atoms with Crippen LogP contribution in [0.3, 0.4) is 0 Å². The van der Waals surface area contributed by atoms with Crippen molar-refractivity contribution in [3.8, 4) is 0 Å². The van der Waals surface area contributed by atoms with E-state index in [0.29, 0.717) is 10.2 Å². The van der Waals surface area contributed by atoms with Crippen LogP contribution in [0.5, 0.6) is 0 Å². The van der Waals surface area contributed by atoms with Crippen LogP contribution in [0.25, 0.3) is 0 Å². The summed E-state index contributed by atoms with van der Waals surface area (Å²) in [6.45, 7) is 0. The second-order valence-corrected chi connectivity index (χ2v) is 11.0. The van der Waals surface area contributed by atoms with Crippen molar-refractivity contribution in [2.45, 2.75) is 12.0 Å². The number of carbonyl (C=O) groups excluding carboxylic acids is 2. The fraction of sp³-hybridized carbons (Fsp3) is 0.269. The Hall–Kier alpha value is -3.18. The van der Waals surface area contributed by atoms with E-state index in [9.17, 15) is 9.59 Å². The van der Waals surface area contributed by atoms with Crippen LogP contribution in [-0.4, -0.2) is 46.9 Å². The Morgan fingerprint density at radius 3 is 2.00 bits per heavy atom. The summed E-state index contributed by atoms with van der Waals surface area (Å²) in [6.07, 6.45) is 2.05. The number of rotatable bonds is 2. The number of halogens is 1. The summed E-state index contributed by atoms with van der Waals surface area (Å²) in [6, 6.07) is 22.1. The first-order valence-electron chi connectivity index (χ1n) is 11.4. The number of benzene rings is 2. The van der Waals surface area contributed by atoms with Crippen LogP contribution < -0.4 is 18.6 Å². The van der Waals surface area contributed by atoms with Crippen LogP contribution in [0.2, 0.25) is 0 Å². The molecular formula is C26H28ClN3O6+2. The van der Waals surface area contributed by atoms with E-state index in [4.69, 9.17) is 18.6 Å². The van der Waals surface area contributed by atoms with Gasteiger partial charge in [0.05, 0.1) is 38.7 Å². The molecule has 2 amide bonds. The number of hydrogen-bond donors (Lipinski definition) is 3. The molecule has 2 aromatic carbocycles. The molecule has 7 rings (SSSR count). The second-order valence-electron chi connectivity index (χ2n) is 10.1. The summed E-state index contributed by atoms with van der Waals surface area (Å²) < 4.78 is 33.1. The topological polar surface area (TPSA) is 125 Å². The summed E-state index contributed by atoms with van der Waals surface area (Å²) in [5.74, 6) is -0.982. The summed E-state index contributed by atoms with van der Waals surface area (Å²) in [5, 5.41) is 0. The molecule has 0 spiro atoms. The number of hydrogen-bond acceptors (Lipinski definition) is 6. The zero-order valence-electron chi connectivity index (χ0n) is 20.0. The SMILES string of the molecule is C[N+](C)(C)c1ccc(N2C(=O)C3C4c5ccccc5C(C3C2=O)[n+]2ccccc24)cc1.[O-][Cl+](O)(O)O. The van der Waals surface area contributed by atoms with Gasteiger partial charge in [-0.3, -0.25) is 14.1 Å². The second kappa shape index (κ2) is 8.45. The van der Waals surface area contributed by atoms with Gasteiger partial charge in [-0.2, -0.15) is 4.57 Å². The molecule has 4 unspecified atom stereocenters. The van der Waals surface area contributed by atoms with Crippen molar-refractivity contribution in [1.29, 1.82) is 0 Å². The zero-order chi connectivity index (χ0) is 26.0. The third-order valence-electron chi connectivity index (χ3n) is 7.17. The molecule has 36 heavy (non-hydrogen) atoms. The molecule has 0 radical (unpaired) electrons. The summed E-state index contributed by atoms with van der Waals surface area (Å²) in [4.78, 5) is 28.9. The van der Waals surface area contributed by atoms with E-state index in [0.717, 1.165) is 11.4 Å². The van der Waals surface area contributed by atoms with E-state index in [1.807, 2.05) is 48.5 Å². The summed E-state index contributed by atoms with van der Waals surface area (Å²) >= 11 is 0. The van der Waals surface area contributed by atoms with Crippen LogP contribution in [0.4, 0.5) is 11.4 Å². The normalized spacial score (nSPS) is 24.5. The molecular weight excluding hydrogens is 486 g/mol. The molecule has 4 aliphatic rings. The van der Waals surface area contributed by atoms with Crippen LogP contribution in [-0.2, 0) is 9.59 Å². The minimum absolute atomic E-state index is 0.0763. The van der Waals surface area contributed by atoms with E-state index in [1.54, 1.807) is 0 Å². The minimum atomic E-state index is -4.19. The van der Waals surface area contributed by atoms with Crippen molar-refractivity contribution < 1.29 is 43.0 Å². The number of quaternary nitrogens is 1. The average Bonchev–Trinajstić information content (AvgIpc) is 3.08. The van der Waals surface area contributed by atoms with Gasteiger partial charge in [0.1, 0.15) is 11.6 Å². The Bertz CT molecular complexity index is 1230. The first-order valence-corrected chi connectivity index (χ1v) is 12.7. The Balaban J connectivity index is 0.000000489. The van der Waals surface area contributed by atoms with Gasteiger partial charge >= 0.3 is 28.9 Å². The number of amides is 2. The summed E-state index contributed by atoms with van der Waals surface area (Å²) in [5.41, 5.74) is 5.26. The maximum atomic E-state index is 13.7. The molecule has 10 heteroatoms. The molecule has 4 heterocycles. The molecule has 1 fully saturated rings. The van der Waals surface area contributed by atoms with E-state index in [2.05, 4.69) is 50.1 Å². The van der Waals surface area contributed by atoms with Crippen molar-refractivity contribution in [3.63, 3.8) is 0 Å². The molecule has 1 aliphatic carbocycles. The van der Waals surface area contributed by atoms with Crippen molar-refractivity contribution in [2.24, 2.45) is 11.8 Å². The van der Waals surface area contributed by atoms with Crippen molar-refractivity contribution in [1.82, 2.24) is 4.48 Å². The van der Waals surface area contributed by atoms with Crippen molar-refractivity contribution in [3.05, 3.63) is 89.7 Å². The van der Waals surface area contributed by atoms with E-state index < -0.39 is 10.2 Å². The zero-order valence-corrected chi connectivity index (χ0v) is 20.8. The third-order valence-corrected chi connectivity index (χ3v) is 7.17. The fourth-order valence-corrected chi connectivity index (χ4v) is 5.80. The van der Waals surface area contributed by atoms with Gasteiger partial charge in [-0.25, -0.2) is 4.90 Å². The predicted octanol–water partition coefficient (Wildman–Crippen LogP) is 0.165. The first-order chi connectivity index (χ1) is 16.9. The molecule has 9 nitrogen and oxygen atoms in total.